The molecule has 6 nitrogen and oxygen atoms in total. The summed E-state index contributed by atoms with van der Waals surface area (Å²) in [6.45, 7) is -0.119. The fourth-order valence-corrected chi connectivity index (χ4v) is 3.13. The molecule has 0 bridgehead atoms. The van der Waals surface area contributed by atoms with Crippen LogP contribution in [-0.2, 0) is 0 Å². The first-order valence-corrected chi connectivity index (χ1v) is 9.30. The molecule has 150 valence electrons. The van der Waals surface area contributed by atoms with Crippen molar-refractivity contribution in [1.29, 1.82) is 0 Å². The number of oxime groups is 1. The fourth-order valence-electron chi connectivity index (χ4n) is 3.13. The zero-order valence-electron chi connectivity index (χ0n) is 16.2. The van der Waals surface area contributed by atoms with Crippen molar-refractivity contribution in [2.75, 3.05) is 13.7 Å². The predicted octanol–water partition coefficient (Wildman–Crippen LogP) is 4.73. The summed E-state index contributed by atoms with van der Waals surface area (Å²) in [6, 6.07) is 23.3. The highest BCUT2D eigenvalue weighted by atomic mass is 16.5. The molecule has 30 heavy (non-hydrogen) atoms. The van der Waals surface area contributed by atoms with Crippen molar-refractivity contribution in [3.8, 4) is 22.8 Å². The number of hydrogen-bond donors (Lipinski definition) is 1. The largest absolute Gasteiger partial charge is 0.497 e. The van der Waals surface area contributed by atoms with Crippen molar-refractivity contribution in [1.82, 2.24) is 0 Å². The number of methoxy groups -OCH3 is 1. The summed E-state index contributed by atoms with van der Waals surface area (Å²) in [7, 11) is 1.57. The van der Waals surface area contributed by atoms with E-state index in [0.29, 0.717) is 33.6 Å². The summed E-state index contributed by atoms with van der Waals surface area (Å²) in [5, 5.41) is 13.2. The molecule has 0 unspecified atom stereocenters. The van der Waals surface area contributed by atoms with Crippen molar-refractivity contribution >= 4 is 16.7 Å². The third-order valence-electron chi connectivity index (χ3n) is 4.69. The number of hydrogen-bond acceptors (Lipinski definition) is 6. The molecule has 0 aliphatic carbocycles. The molecule has 0 amide bonds. The molecule has 1 N–H and O–H groups in total. The SMILES string of the molecule is COc1ccc(/C(COc2c(-c3ccccc3)oc3ccccc3c2=O)=N\O)cc1. The van der Waals surface area contributed by atoms with Crippen LogP contribution in [0.15, 0.2) is 93.2 Å². The third-order valence-corrected chi connectivity index (χ3v) is 4.69. The lowest BCUT2D eigenvalue weighted by Crippen LogP contribution is -2.18. The Morgan fingerprint density at radius 1 is 0.967 bits per heavy atom. The average molecular weight is 401 g/mol. The molecule has 0 aliphatic rings. The Bertz CT molecular complexity index is 1240. The quantitative estimate of drug-likeness (QED) is 0.287. The Labute approximate surface area is 172 Å². The lowest BCUT2D eigenvalue weighted by atomic mass is 10.1. The van der Waals surface area contributed by atoms with E-state index in [1.165, 1.54) is 0 Å². The van der Waals surface area contributed by atoms with Gasteiger partial charge in [0.2, 0.25) is 11.2 Å². The summed E-state index contributed by atoms with van der Waals surface area (Å²) in [4.78, 5) is 13.1. The van der Waals surface area contributed by atoms with Crippen molar-refractivity contribution in [2.45, 2.75) is 0 Å². The monoisotopic (exact) mass is 401 g/mol. The van der Waals surface area contributed by atoms with Gasteiger partial charge in [-0.1, -0.05) is 47.6 Å². The minimum Gasteiger partial charge on any atom is -0.497 e. The molecule has 0 aliphatic heterocycles. The molecule has 1 aromatic heterocycles. The molecule has 6 heteroatoms. The number of benzene rings is 3. The van der Waals surface area contributed by atoms with Gasteiger partial charge in [0.25, 0.3) is 0 Å². The van der Waals surface area contributed by atoms with Gasteiger partial charge in [0.05, 0.1) is 12.5 Å². The minimum absolute atomic E-state index is 0.0644. The molecule has 0 saturated carbocycles. The molecule has 4 aromatic rings. The van der Waals surface area contributed by atoms with E-state index in [2.05, 4.69) is 5.16 Å². The van der Waals surface area contributed by atoms with E-state index in [1.807, 2.05) is 30.3 Å². The van der Waals surface area contributed by atoms with Crippen molar-refractivity contribution in [2.24, 2.45) is 5.16 Å². The molecule has 0 atom stereocenters. The van der Waals surface area contributed by atoms with Crippen LogP contribution in [0.3, 0.4) is 0 Å². The minimum atomic E-state index is -0.289. The topological polar surface area (TPSA) is 81.3 Å². The van der Waals surface area contributed by atoms with Crippen LogP contribution < -0.4 is 14.9 Å². The van der Waals surface area contributed by atoms with Crippen LogP contribution in [0, 0.1) is 0 Å². The second-order valence-corrected chi connectivity index (χ2v) is 6.52. The first-order chi connectivity index (χ1) is 14.7. The predicted molar refractivity (Wildman–Crippen MR) is 115 cm³/mol. The first kappa shape index (κ1) is 19.3. The second-order valence-electron chi connectivity index (χ2n) is 6.52. The Morgan fingerprint density at radius 3 is 2.37 bits per heavy atom. The van der Waals surface area contributed by atoms with Gasteiger partial charge in [0.1, 0.15) is 23.7 Å². The highest BCUT2D eigenvalue weighted by molar-refractivity contribution is 6.01. The van der Waals surface area contributed by atoms with Crippen LogP contribution in [0.1, 0.15) is 5.56 Å². The Kier molecular flexibility index (Phi) is 5.48. The number of nitrogens with zero attached hydrogens (tertiary/aromatic N) is 1. The van der Waals surface area contributed by atoms with Crippen LogP contribution in [0.25, 0.3) is 22.3 Å². The van der Waals surface area contributed by atoms with Gasteiger partial charge in [0, 0.05) is 11.1 Å². The van der Waals surface area contributed by atoms with E-state index in [0.717, 1.165) is 0 Å². The molecule has 4 rings (SSSR count). The molecular weight excluding hydrogens is 382 g/mol. The van der Waals surface area contributed by atoms with Crippen LogP contribution in [0.5, 0.6) is 11.5 Å². The van der Waals surface area contributed by atoms with E-state index >= 15 is 0 Å². The Morgan fingerprint density at radius 2 is 1.67 bits per heavy atom. The van der Waals surface area contributed by atoms with E-state index in [1.54, 1.807) is 55.6 Å². The van der Waals surface area contributed by atoms with Crippen LogP contribution >= 0.6 is 0 Å². The van der Waals surface area contributed by atoms with Gasteiger partial charge in [-0.2, -0.15) is 0 Å². The maximum atomic E-state index is 13.1. The van der Waals surface area contributed by atoms with Gasteiger partial charge in [-0.05, 0) is 36.4 Å². The normalized spacial score (nSPS) is 11.4. The van der Waals surface area contributed by atoms with E-state index in [9.17, 15) is 10.0 Å². The standard InChI is InChI=1S/C24H19NO5/c1-28-18-13-11-16(12-14-18)20(25-27)15-29-24-22(26)19-9-5-6-10-21(19)30-23(24)17-7-3-2-4-8-17/h2-14,27H,15H2,1H3/b25-20-. The summed E-state index contributed by atoms with van der Waals surface area (Å²) >= 11 is 0. The lowest BCUT2D eigenvalue weighted by molar-refractivity contribution is 0.306. The number of rotatable bonds is 6. The van der Waals surface area contributed by atoms with Crippen LogP contribution in [0.4, 0.5) is 0 Å². The highest BCUT2D eigenvalue weighted by Crippen LogP contribution is 2.30. The number of para-hydroxylation sites is 1. The van der Waals surface area contributed by atoms with Gasteiger partial charge < -0.3 is 19.1 Å². The van der Waals surface area contributed by atoms with Crippen molar-refractivity contribution < 1.29 is 19.1 Å². The van der Waals surface area contributed by atoms with Gasteiger partial charge in [0.15, 0.2) is 5.76 Å². The van der Waals surface area contributed by atoms with Gasteiger partial charge in [-0.25, -0.2) is 0 Å². The van der Waals surface area contributed by atoms with E-state index in [4.69, 9.17) is 13.9 Å². The van der Waals surface area contributed by atoms with E-state index < -0.39 is 0 Å². The fraction of sp³-hybridized carbons (Fsp3) is 0.0833. The zero-order chi connectivity index (χ0) is 20.9. The Balaban J connectivity index is 1.74. The lowest BCUT2D eigenvalue weighted by Gasteiger charge is -2.12. The smallest absolute Gasteiger partial charge is 0.235 e. The van der Waals surface area contributed by atoms with Crippen LogP contribution in [0.2, 0.25) is 0 Å². The molecule has 0 fully saturated rings. The molecular formula is C24H19NO5. The van der Waals surface area contributed by atoms with Crippen molar-refractivity contribution in [3.63, 3.8) is 0 Å². The zero-order valence-corrected chi connectivity index (χ0v) is 16.2. The number of fused-ring (bicyclic) bond motifs is 1. The maximum absolute atomic E-state index is 13.1. The second kappa shape index (κ2) is 8.53. The molecule has 1 heterocycles. The maximum Gasteiger partial charge on any atom is 0.235 e. The molecule has 0 radical (unpaired) electrons. The Hall–Kier alpha value is -4.06. The van der Waals surface area contributed by atoms with Crippen LogP contribution in [-0.4, -0.2) is 24.6 Å². The van der Waals surface area contributed by atoms with Crippen molar-refractivity contribution in [3.05, 3.63) is 94.6 Å². The summed E-state index contributed by atoms with van der Waals surface area (Å²) in [5.41, 5.74) is 1.80. The summed E-state index contributed by atoms with van der Waals surface area (Å²) < 4.78 is 17.0. The van der Waals surface area contributed by atoms with Gasteiger partial charge >= 0.3 is 0 Å². The van der Waals surface area contributed by atoms with Gasteiger partial charge in [-0.3, -0.25) is 4.79 Å². The average Bonchev–Trinajstić information content (AvgIpc) is 2.81. The van der Waals surface area contributed by atoms with E-state index in [-0.39, 0.29) is 23.5 Å². The van der Waals surface area contributed by atoms with Gasteiger partial charge in [-0.15, -0.1) is 0 Å². The molecule has 0 saturated heterocycles. The number of ether oxygens (including phenoxy) is 2. The molecule has 3 aromatic carbocycles. The first-order valence-electron chi connectivity index (χ1n) is 9.30. The summed E-state index contributed by atoms with van der Waals surface area (Å²) in [5.74, 6) is 1.07. The highest BCUT2D eigenvalue weighted by Gasteiger charge is 2.18. The third kappa shape index (κ3) is 3.75. The summed E-state index contributed by atoms with van der Waals surface area (Å²) in [6.07, 6.45) is 0. The molecule has 0 spiro atoms.